The Balaban J connectivity index is 1.61. The lowest BCUT2D eigenvalue weighted by atomic mass is 10.2. The summed E-state index contributed by atoms with van der Waals surface area (Å²) in [5.74, 6) is 0.752. The number of carbonyl (C=O) groups is 1. The first-order valence-corrected chi connectivity index (χ1v) is 9.10. The molecular formula is C18H15BrN2O3S. The van der Waals surface area contributed by atoms with Gasteiger partial charge in [0, 0.05) is 10.9 Å². The van der Waals surface area contributed by atoms with E-state index in [2.05, 4.69) is 26.2 Å². The number of thiazole rings is 1. The summed E-state index contributed by atoms with van der Waals surface area (Å²) in [5, 5.41) is 5.01. The van der Waals surface area contributed by atoms with Crippen LogP contribution in [-0.4, -0.2) is 18.2 Å². The number of amides is 1. The van der Waals surface area contributed by atoms with E-state index in [-0.39, 0.29) is 6.61 Å². The summed E-state index contributed by atoms with van der Waals surface area (Å²) in [6, 6.07) is 15.2. The molecule has 0 aliphatic heterocycles. The van der Waals surface area contributed by atoms with E-state index in [0.717, 1.165) is 27.0 Å². The summed E-state index contributed by atoms with van der Waals surface area (Å²) in [5.41, 5.74) is 2.63. The van der Waals surface area contributed by atoms with E-state index >= 15 is 0 Å². The lowest BCUT2D eigenvalue weighted by Crippen LogP contribution is -2.13. The van der Waals surface area contributed by atoms with Gasteiger partial charge in [-0.1, -0.05) is 30.3 Å². The molecule has 25 heavy (non-hydrogen) atoms. The SMILES string of the molecule is COc1ccc(-c2csc(NC(=O)OCc3ccccc3)n2)cc1Br. The number of aromatic nitrogens is 1. The number of ether oxygens (including phenoxy) is 2. The highest BCUT2D eigenvalue weighted by atomic mass is 79.9. The van der Waals surface area contributed by atoms with Gasteiger partial charge in [-0.25, -0.2) is 9.78 Å². The molecule has 3 rings (SSSR count). The van der Waals surface area contributed by atoms with Gasteiger partial charge in [0.2, 0.25) is 0 Å². The van der Waals surface area contributed by atoms with Crippen LogP contribution in [0, 0.1) is 0 Å². The molecule has 0 aliphatic rings. The first-order valence-electron chi connectivity index (χ1n) is 7.43. The molecule has 0 radical (unpaired) electrons. The number of carbonyl (C=O) groups excluding carboxylic acids is 1. The number of nitrogens with zero attached hydrogens (tertiary/aromatic N) is 1. The van der Waals surface area contributed by atoms with Crippen molar-refractivity contribution in [2.45, 2.75) is 6.61 Å². The van der Waals surface area contributed by atoms with Crippen LogP contribution >= 0.6 is 27.3 Å². The summed E-state index contributed by atoms with van der Waals surface area (Å²) in [6.45, 7) is 0.219. The lowest BCUT2D eigenvalue weighted by molar-refractivity contribution is 0.155. The smallest absolute Gasteiger partial charge is 0.413 e. The fourth-order valence-electron chi connectivity index (χ4n) is 2.14. The Morgan fingerprint density at radius 3 is 2.76 bits per heavy atom. The highest BCUT2D eigenvalue weighted by Crippen LogP contribution is 2.32. The third-order valence-electron chi connectivity index (χ3n) is 3.37. The number of halogens is 1. The fraction of sp³-hybridized carbons (Fsp3) is 0.111. The van der Waals surface area contributed by atoms with Crippen molar-refractivity contribution in [2.24, 2.45) is 0 Å². The molecule has 1 amide bonds. The third-order valence-corrected chi connectivity index (χ3v) is 4.75. The van der Waals surface area contributed by atoms with E-state index in [1.165, 1.54) is 11.3 Å². The molecule has 1 heterocycles. The molecule has 0 unspecified atom stereocenters. The topological polar surface area (TPSA) is 60.5 Å². The van der Waals surface area contributed by atoms with Gasteiger partial charge in [0.25, 0.3) is 0 Å². The van der Waals surface area contributed by atoms with Crippen LogP contribution < -0.4 is 10.1 Å². The second-order valence-corrected chi connectivity index (χ2v) is 6.79. The van der Waals surface area contributed by atoms with E-state index in [4.69, 9.17) is 9.47 Å². The molecule has 0 spiro atoms. The van der Waals surface area contributed by atoms with Crippen molar-refractivity contribution in [2.75, 3.05) is 12.4 Å². The van der Waals surface area contributed by atoms with Crippen molar-refractivity contribution in [1.29, 1.82) is 0 Å². The normalized spacial score (nSPS) is 10.3. The molecular weight excluding hydrogens is 404 g/mol. The minimum atomic E-state index is -0.527. The molecule has 0 saturated heterocycles. The number of benzene rings is 2. The van der Waals surface area contributed by atoms with E-state index < -0.39 is 6.09 Å². The van der Waals surface area contributed by atoms with Crippen molar-refractivity contribution in [1.82, 2.24) is 4.98 Å². The molecule has 2 aromatic carbocycles. The van der Waals surface area contributed by atoms with E-state index in [1.807, 2.05) is 53.9 Å². The minimum absolute atomic E-state index is 0.219. The molecule has 0 bridgehead atoms. The quantitative estimate of drug-likeness (QED) is 0.607. The monoisotopic (exact) mass is 418 g/mol. The zero-order chi connectivity index (χ0) is 17.6. The number of hydrogen-bond acceptors (Lipinski definition) is 5. The Morgan fingerprint density at radius 2 is 2.04 bits per heavy atom. The first kappa shape index (κ1) is 17.4. The maximum Gasteiger partial charge on any atom is 0.413 e. The van der Waals surface area contributed by atoms with Crippen LogP contribution in [0.2, 0.25) is 0 Å². The van der Waals surface area contributed by atoms with Gasteiger partial charge in [-0.05, 0) is 39.7 Å². The molecule has 0 aliphatic carbocycles. The van der Waals surface area contributed by atoms with Crippen LogP contribution in [0.15, 0.2) is 58.4 Å². The minimum Gasteiger partial charge on any atom is -0.496 e. The molecule has 1 aromatic heterocycles. The average molecular weight is 419 g/mol. The largest absolute Gasteiger partial charge is 0.496 e. The van der Waals surface area contributed by atoms with Crippen LogP contribution in [0.5, 0.6) is 5.75 Å². The Hall–Kier alpha value is -2.38. The van der Waals surface area contributed by atoms with Gasteiger partial charge in [-0.2, -0.15) is 0 Å². The lowest BCUT2D eigenvalue weighted by Gasteiger charge is -2.05. The predicted molar refractivity (Wildman–Crippen MR) is 102 cm³/mol. The molecule has 3 aromatic rings. The van der Waals surface area contributed by atoms with Crippen molar-refractivity contribution in [3.63, 3.8) is 0 Å². The molecule has 0 fully saturated rings. The van der Waals surface area contributed by atoms with Crippen LogP contribution in [0.3, 0.4) is 0 Å². The Bertz CT molecular complexity index is 868. The number of methoxy groups -OCH3 is 1. The van der Waals surface area contributed by atoms with Gasteiger partial charge in [0.15, 0.2) is 5.13 Å². The summed E-state index contributed by atoms with van der Waals surface area (Å²) in [7, 11) is 1.62. The van der Waals surface area contributed by atoms with E-state index in [9.17, 15) is 4.79 Å². The number of anilines is 1. The van der Waals surface area contributed by atoms with Gasteiger partial charge >= 0.3 is 6.09 Å². The van der Waals surface area contributed by atoms with Crippen molar-refractivity contribution in [3.8, 4) is 17.0 Å². The molecule has 0 atom stereocenters. The Kier molecular flexibility index (Phi) is 5.67. The molecule has 128 valence electrons. The average Bonchev–Trinajstić information content (AvgIpc) is 3.09. The van der Waals surface area contributed by atoms with Gasteiger partial charge in [-0.3, -0.25) is 5.32 Å². The molecule has 0 saturated carbocycles. The number of hydrogen-bond donors (Lipinski definition) is 1. The summed E-state index contributed by atoms with van der Waals surface area (Å²) in [6.07, 6.45) is -0.527. The van der Waals surface area contributed by atoms with Crippen LogP contribution in [0.1, 0.15) is 5.56 Å². The van der Waals surface area contributed by atoms with Gasteiger partial charge in [0.1, 0.15) is 12.4 Å². The van der Waals surface area contributed by atoms with Crippen molar-refractivity contribution < 1.29 is 14.3 Å². The maximum atomic E-state index is 11.9. The zero-order valence-corrected chi connectivity index (χ0v) is 15.8. The Morgan fingerprint density at radius 1 is 1.24 bits per heavy atom. The number of nitrogens with one attached hydrogen (secondary N) is 1. The van der Waals surface area contributed by atoms with E-state index in [1.54, 1.807) is 7.11 Å². The second-order valence-electron chi connectivity index (χ2n) is 5.07. The Labute approximate surface area is 157 Å². The zero-order valence-electron chi connectivity index (χ0n) is 13.4. The summed E-state index contributed by atoms with van der Waals surface area (Å²) >= 11 is 4.80. The van der Waals surface area contributed by atoms with E-state index in [0.29, 0.717) is 5.13 Å². The van der Waals surface area contributed by atoms with Crippen LogP contribution in [0.25, 0.3) is 11.3 Å². The molecule has 5 nitrogen and oxygen atoms in total. The predicted octanol–water partition coefficient (Wildman–Crippen LogP) is 5.33. The van der Waals surface area contributed by atoms with Gasteiger partial charge in [0.05, 0.1) is 17.3 Å². The molecule has 1 N–H and O–H groups in total. The van der Waals surface area contributed by atoms with Crippen LogP contribution in [-0.2, 0) is 11.3 Å². The summed E-state index contributed by atoms with van der Waals surface area (Å²) < 4.78 is 11.3. The fourth-order valence-corrected chi connectivity index (χ4v) is 3.38. The highest BCUT2D eigenvalue weighted by molar-refractivity contribution is 9.10. The third kappa shape index (κ3) is 4.58. The van der Waals surface area contributed by atoms with Gasteiger partial charge in [-0.15, -0.1) is 11.3 Å². The molecule has 7 heteroatoms. The standard InChI is InChI=1S/C18H15BrN2O3S/c1-23-16-8-7-13(9-14(16)19)15-11-25-17(20-15)21-18(22)24-10-12-5-3-2-4-6-12/h2-9,11H,10H2,1H3,(H,20,21,22). The van der Waals surface area contributed by atoms with Crippen LogP contribution in [0.4, 0.5) is 9.93 Å². The van der Waals surface area contributed by atoms with Gasteiger partial charge < -0.3 is 9.47 Å². The summed E-state index contributed by atoms with van der Waals surface area (Å²) in [4.78, 5) is 16.3. The highest BCUT2D eigenvalue weighted by Gasteiger charge is 2.10. The van der Waals surface area contributed by atoms with Crippen molar-refractivity contribution in [3.05, 3.63) is 63.9 Å². The van der Waals surface area contributed by atoms with Crippen molar-refractivity contribution >= 4 is 38.5 Å². The second kappa shape index (κ2) is 8.13. The first-order chi connectivity index (χ1) is 12.2. The number of rotatable bonds is 5. The maximum absolute atomic E-state index is 11.9.